The molecular weight excluding hydrogens is 505 g/mol. The van der Waals surface area contributed by atoms with E-state index < -0.39 is 11.7 Å². The van der Waals surface area contributed by atoms with Crippen LogP contribution >= 0.6 is 0 Å². The molecular formula is C26H33F3N4O5. The maximum atomic E-state index is 12.8. The van der Waals surface area contributed by atoms with E-state index in [1.54, 1.807) is 23.1 Å². The molecule has 3 N–H and O–H groups in total. The lowest BCUT2D eigenvalue weighted by Crippen LogP contribution is -2.50. The minimum absolute atomic E-state index is 0.000292. The van der Waals surface area contributed by atoms with E-state index in [2.05, 4.69) is 5.32 Å². The van der Waals surface area contributed by atoms with E-state index in [1.807, 2.05) is 4.90 Å². The number of methoxy groups -OCH3 is 1. The van der Waals surface area contributed by atoms with Gasteiger partial charge in [0.15, 0.2) is 0 Å². The minimum atomic E-state index is -4.36. The molecule has 0 unspecified atom stereocenters. The van der Waals surface area contributed by atoms with Gasteiger partial charge in [0.05, 0.1) is 18.8 Å². The number of hydrogen-bond donors (Lipinski definition) is 3. The predicted molar refractivity (Wildman–Crippen MR) is 135 cm³/mol. The number of anilines is 3. The summed E-state index contributed by atoms with van der Waals surface area (Å²) in [5.74, 6) is 0.252. The molecule has 1 amide bonds. The molecule has 2 fully saturated rings. The second-order valence-corrected chi connectivity index (χ2v) is 9.52. The Hall–Kier alpha value is -3.22. The first-order chi connectivity index (χ1) is 18.1. The molecule has 1 saturated heterocycles. The lowest BCUT2D eigenvalue weighted by atomic mass is 9.92. The van der Waals surface area contributed by atoms with Crippen LogP contribution in [0.2, 0.25) is 0 Å². The highest BCUT2D eigenvalue weighted by atomic mass is 19.4. The number of nitrogens with one attached hydrogen (secondary N) is 1. The summed E-state index contributed by atoms with van der Waals surface area (Å²) in [6.45, 7) is 2.10. The largest absolute Gasteiger partial charge is 0.494 e. The Labute approximate surface area is 219 Å². The summed E-state index contributed by atoms with van der Waals surface area (Å²) >= 11 is 0. The van der Waals surface area contributed by atoms with Crippen molar-refractivity contribution in [2.75, 3.05) is 55.3 Å². The highest BCUT2D eigenvalue weighted by Crippen LogP contribution is 2.32. The van der Waals surface area contributed by atoms with E-state index in [1.165, 1.54) is 19.2 Å². The molecule has 0 atom stereocenters. The number of alkyl halides is 3. The molecule has 0 bridgehead atoms. The van der Waals surface area contributed by atoms with Gasteiger partial charge in [-0.1, -0.05) is 0 Å². The zero-order valence-corrected chi connectivity index (χ0v) is 21.2. The number of carbonyl (C=O) groups excluding carboxylic acids is 1. The van der Waals surface area contributed by atoms with E-state index in [4.69, 9.17) is 9.47 Å². The van der Waals surface area contributed by atoms with E-state index in [0.717, 1.165) is 43.5 Å². The summed E-state index contributed by atoms with van der Waals surface area (Å²) in [5.41, 5.74) is 0.987. The van der Waals surface area contributed by atoms with Crippen molar-refractivity contribution < 1.29 is 37.9 Å². The SMILES string of the molecule is COc1cc(NC2CCC(OCC(=O)N3CCN(c4ccc(C(F)(F)F)cc4)CC3)CC2)ccc1N(O)O. The molecule has 2 aromatic rings. The molecule has 1 aliphatic carbocycles. The first kappa shape index (κ1) is 27.8. The van der Waals surface area contributed by atoms with Crippen molar-refractivity contribution in [1.82, 2.24) is 4.90 Å². The Morgan fingerprint density at radius 3 is 2.26 bits per heavy atom. The van der Waals surface area contributed by atoms with E-state index in [9.17, 15) is 28.4 Å². The van der Waals surface area contributed by atoms with Crippen molar-refractivity contribution in [1.29, 1.82) is 0 Å². The first-order valence-electron chi connectivity index (χ1n) is 12.6. The second-order valence-electron chi connectivity index (χ2n) is 9.52. The summed E-state index contributed by atoms with van der Waals surface area (Å²) in [6.07, 6.45) is -1.02. The van der Waals surface area contributed by atoms with E-state index in [-0.39, 0.29) is 35.6 Å². The first-order valence-corrected chi connectivity index (χ1v) is 12.6. The Kier molecular flexibility index (Phi) is 8.85. The summed E-state index contributed by atoms with van der Waals surface area (Å²) in [6, 6.07) is 10.3. The Morgan fingerprint density at radius 1 is 1.03 bits per heavy atom. The number of nitrogens with zero attached hydrogens (tertiary/aromatic N) is 3. The maximum Gasteiger partial charge on any atom is 0.416 e. The van der Waals surface area contributed by atoms with Gasteiger partial charge < -0.3 is 24.6 Å². The van der Waals surface area contributed by atoms with Crippen LogP contribution in [-0.4, -0.2) is 73.3 Å². The molecule has 12 heteroatoms. The zero-order valence-electron chi connectivity index (χ0n) is 21.2. The number of hydrogen-bond acceptors (Lipinski definition) is 8. The molecule has 0 radical (unpaired) electrons. The number of amides is 1. The summed E-state index contributed by atoms with van der Waals surface area (Å²) in [7, 11) is 1.45. The summed E-state index contributed by atoms with van der Waals surface area (Å²) in [5, 5.41) is 22.0. The van der Waals surface area contributed by atoms with Gasteiger partial charge in [-0.25, -0.2) is 0 Å². The van der Waals surface area contributed by atoms with Crippen molar-refractivity contribution in [3.05, 3.63) is 48.0 Å². The molecule has 1 heterocycles. The van der Waals surface area contributed by atoms with Gasteiger partial charge >= 0.3 is 6.18 Å². The quantitative estimate of drug-likeness (QED) is 0.426. The minimum Gasteiger partial charge on any atom is -0.494 e. The molecule has 2 aromatic carbocycles. The van der Waals surface area contributed by atoms with Crippen LogP contribution in [-0.2, 0) is 15.7 Å². The van der Waals surface area contributed by atoms with Gasteiger partial charge in [0.2, 0.25) is 5.91 Å². The van der Waals surface area contributed by atoms with Crippen LogP contribution in [0.15, 0.2) is 42.5 Å². The van der Waals surface area contributed by atoms with Crippen molar-refractivity contribution in [3.8, 4) is 5.75 Å². The van der Waals surface area contributed by atoms with Crippen LogP contribution in [0.25, 0.3) is 0 Å². The fourth-order valence-corrected chi connectivity index (χ4v) is 4.90. The standard InChI is InChI=1S/C26H33F3N4O5/c1-37-24-16-20(6-11-23(24)33(35)36)30-19-4-9-22(10-5-19)38-17-25(34)32-14-12-31(13-15-32)21-7-2-18(3-8-21)26(27,28)29/h2-3,6-8,11,16,19,22,30,35-36H,4-5,9-10,12-15,17H2,1H3. The molecule has 2 aliphatic rings. The highest BCUT2D eigenvalue weighted by molar-refractivity contribution is 5.77. The van der Waals surface area contributed by atoms with Crippen molar-refractivity contribution in [2.45, 2.75) is 44.0 Å². The number of rotatable bonds is 8. The van der Waals surface area contributed by atoms with Crippen LogP contribution in [0.5, 0.6) is 5.75 Å². The van der Waals surface area contributed by atoms with Crippen LogP contribution in [0.1, 0.15) is 31.2 Å². The normalized spacial score (nSPS) is 20.3. The summed E-state index contributed by atoms with van der Waals surface area (Å²) < 4.78 is 49.5. The van der Waals surface area contributed by atoms with Gasteiger partial charge in [-0.15, -0.1) is 5.23 Å². The predicted octanol–water partition coefficient (Wildman–Crippen LogP) is 4.39. The number of piperazine rings is 1. The summed E-state index contributed by atoms with van der Waals surface area (Å²) in [4.78, 5) is 16.4. The van der Waals surface area contributed by atoms with Gasteiger partial charge in [-0.3, -0.25) is 15.2 Å². The second kappa shape index (κ2) is 12.1. The Morgan fingerprint density at radius 2 is 1.68 bits per heavy atom. The lowest BCUT2D eigenvalue weighted by Gasteiger charge is -2.36. The van der Waals surface area contributed by atoms with Crippen molar-refractivity contribution in [3.63, 3.8) is 0 Å². The molecule has 0 spiro atoms. The van der Waals surface area contributed by atoms with E-state index >= 15 is 0 Å². The van der Waals surface area contributed by atoms with Crippen molar-refractivity contribution in [2.24, 2.45) is 0 Å². The van der Waals surface area contributed by atoms with Gasteiger partial charge in [-0.2, -0.15) is 13.2 Å². The number of halogens is 3. The maximum absolute atomic E-state index is 12.8. The molecule has 1 aliphatic heterocycles. The average molecular weight is 539 g/mol. The molecule has 1 saturated carbocycles. The van der Waals surface area contributed by atoms with Crippen LogP contribution in [0, 0.1) is 0 Å². The third-order valence-electron chi connectivity index (χ3n) is 7.07. The Bertz CT molecular complexity index is 1070. The van der Waals surface area contributed by atoms with Gasteiger partial charge in [0.25, 0.3) is 0 Å². The average Bonchev–Trinajstić information content (AvgIpc) is 2.92. The van der Waals surface area contributed by atoms with E-state index in [0.29, 0.717) is 37.6 Å². The van der Waals surface area contributed by atoms with Gasteiger partial charge in [0.1, 0.15) is 18.0 Å². The molecule has 38 heavy (non-hydrogen) atoms. The molecule has 0 aromatic heterocycles. The molecule has 208 valence electrons. The smallest absolute Gasteiger partial charge is 0.416 e. The number of benzene rings is 2. The number of ether oxygens (including phenoxy) is 2. The third kappa shape index (κ3) is 7.00. The zero-order chi connectivity index (χ0) is 27.3. The lowest BCUT2D eigenvalue weighted by molar-refractivity contribution is -0.139. The fourth-order valence-electron chi connectivity index (χ4n) is 4.90. The van der Waals surface area contributed by atoms with Crippen LogP contribution in [0.4, 0.5) is 30.2 Å². The topological polar surface area (TPSA) is 97.7 Å². The highest BCUT2D eigenvalue weighted by Gasteiger charge is 2.30. The van der Waals surface area contributed by atoms with Crippen LogP contribution < -0.4 is 20.2 Å². The van der Waals surface area contributed by atoms with Crippen LogP contribution in [0.3, 0.4) is 0 Å². The molecule has 4 rings (SSSR count). The van der Waals surface area contributed by atoms with Gasteiger partial charge in [0, 0.05) is 49.7 Å². The fraction of sp³-hybridized carbons (Fsp3) is 0.500. The molecule has 9 nitrogen and oxygen atoms in total. The number of carbonyl (C=O) groups is 1. The Balaban J connectivity index is 1.17. The van der Waals surface area contributed by atoms with Crippen molar-refractivity contribution >= 4 is 23.0 Å². The third-order valence-corrected chi connectivity index (χ3v) is 7.07. The van der Waals surface area contributed by atoms with Gasteiger partial charge in [-0.05, 0) is 62.1 Å². The monoisotopic (exact) mass is 538 g/mol.